The van der Waals surface area contributed by atoms with Crippen molar-refractivity contribution in [3.63, 3.8) is 0 Å². The number of carbonyl (C=O) groups excluding carboxylic acids is 1. The van der Waals surface area contributed by atoms with Gasteiger partial charge in [0.1, 0.15) is 0 Å². The number of piperidine rings is 1. The van der Waals surface area contributed by atoms with E-state index in [4.69, 9.17) is 5.73 Å². The predicted octanol–water partition coefficient (Wildman–Crippen LogP) is 1.94. The fourth-order valence-corrected chi connectivity index (χ4v) is 2.86. The molecule has 1 aliphatic rings. The third-order valence-electron chi connectivity index (χ3n) is 4.63. The van der Waals surface area contributed by atoms with Gasteiger partial charge >= 0.3 is 0 Å². The van der Waals surface area contributed by atoms with Crippen LogP contribution in [0.1, 0.15) is 46.5 Å². The molecule has 1 aliphatic heterocycles. The Kier molecular flexibility index (Phi) is 8.15. The van der Waals surface area contributed by atoms with Gasteiger partial charge in [-0.15, -0.1) is 0 Å². The summed E-state index contributed by atoms with van der Waals surface area (Å²) in [5.74, 6) is 1.55. The molecule has 0 aliphatic carbocycles. The van der Waals surface area contributed by atoms with E-state index in [1.165, 1.54) is 6.54 Å². The van der Waals surface area contributed by atoms with Crippen molar-refractivity contribution >= 4 is 5.91 Å². The molecule has 1 atom stereocenters. The van der Waals surface area contributed by atoms with Crippen LogP contribution in [0.5, 0.6) is 0 Å². The van der Waals surface area contributed by atoms with Crippen LogP contribution < -0.4 is 5.73 Å². The van der Waals surface area contributed by atoms with Crippen LogP contribution >= 0.6 is 0 Å². The number of hydrogen-bond acceptors (Lipinski definition) is 3. The standard InChI is InChI=1S/C16H33N3O/c1-4-18(5-2)13-15-8-10-19(11-9-15)16(20)7-6-14(3)12-17/h14-15H,4-13,17H2,1-3H3. The first-order valence-electron chi connectivity index (χ1n) is 8.30. The highest BCUT2D eigenvalue weighted by Crippen LogP contribution is 2.19. The van der Waals surface area contributed by atoms with Gasteiger partial charge < -0.3 is 15.5 Å². The third kappa shape index (κ3) is 5.80. The van der Waals surface area contributed by atoms with Crippen molar-refractivity contribution in [2.24, 2.45) is 17.6 Å². The van der Waals surface area contributed by atoms with Gasteiger partial charge in [0, 0.05) is 26.1 Å². The number of rotatable bonds is 8. The summed E-state index contributed by atoms with van der Waals surface area (Å²) >= 11 is 0. The van der Waals surface area contributed by atoms with Crippen LogP contribution in [0.3, 0.4) is 0 Å². The molecule has 0 radical (unpaired) electrons. The molecule has 0 aromatic carbocycles. The summed E-state index contributed by atoms with van der Waals surface area (Å²) in [5, 5.41) is 0. The molecule has 0 bridgehead atoms. The molecule has 118 valence electrons. The number of hydrogen-bond donors (Lipinski definition) is 1. The van der Waals surface area contributed by atoms with E-state index in [2.05, 4.69) is 30.6 Å². The Balaban J connectivity index is 2.25. The van der Waals surface area contributed by atoms with Crippen LogP contribution in [-0.2, 0) is 4.79 Å². The summed E-state index contributed by atoms with van der Waals surface area (Å²) in [4.78, 5) is 16.7. The van der Waals surface area contributed by atoms with Gasteiger partial charge in [0.15, 0.2) is 0 Å². The summed E-state index contributed by atoms with van der Waals surface area (Å²) in [5.41, 5.74) is 5.60. The molecule has 0 aromatic heterocycles. The van der Waals surface area contributed by atoms with Gasteiger partial charge in [-0.1, -0.05) is 20.8 Å². The lowest BCUT2D eigenvalue weighted by atomic mass is 9.95. The molecule has 2 N–H and O–H groups in total. The topological polar surface area (TPSA) is 49.6 Å². The Hall–Kier alpha value is -0.610. The van der Waals surface area contributed by atoms with E-state index in [9.17, 15) is 4.79 Å². The van der Waals surface area contributed by atoms with E-state index in [1.807, 2.05) is 0 Å². The van der Waals surface area contributed by atoms with E-state index in [0.717, 1.165) is 51.4 Å². The third-order valence-corrected chi connectivity index (χ3v) is 4.63. The zero-order valence-electron chi connectivity index (χ0n) is 13.6. The minimum Gasteiger partial charge on any atom is -0.343 e. The largest absolute Gasteiger partial charge is 0.343 e. The average Bonchev–Trinajstić information content (AvgIpc) is 2.50. The van der Waals surface area contributed by atoms with Crippen molar-refractivity contribution in [3.8, 4) is 0 Å². The number of carbonyl (C=O) groups is 1. The van der Waals surface area contributed by atoms with Gasteiger partial charge in [-0.05, 0) is 50.7 Å². The summed E-state index contributed by atoms with van der Waals surface area (Å²) in [7, 11) is 0. The number of nitrogens with two attached hydrogens (primary N) is 1. The lowest BCUT2D eigenvalue weighted by Gasteiger charge is -2.34. The molecule has 0 saturated carbocycles. The quantitative estimate of drug-likeness (QED) is 0.740. The fraction of sp³-hybridized carbons (Fsp3) is 0.938. The molecule has 4 nitrogen and oxygen atoms in total. The number of likely N-dealkylation sites (tertiary alicyclic amines) is 1. The SMILES string of the molecule is CCN(CC)CC1CCN(C(=O)CCC(C)CN)CC1. The summed E-state index contributed by atoms with van der Waals surface area (Å²) in [6.45, 7) is 12.6. The Bertz CT molecular complexity index is 271. The molecule has 1 rings (SSSR count). The van der Waals surface area contributed by atoms with Crippen LogP contribution in [0.25, 0.3) is 0 Å². The van der Waals surface area contributed by atoms with Crippen molar-refractivity contribution in [1.82, 2.24) is 9.80 Å². The lowest BCUT2D eigenvalue weighted by Crippen LogP contribution is -2.41. The maximum absolute atomic E-state index is 12.1. The highest BCUT2D eigenvalue weighted by molar-refractivity contribution is 5.76. The first kappa shape index (κ1) is 17.4. The Morgan fingerprint density at radius 2 is 1.90 bits per heavy atom. The molecule has 1 unspecified atom stereocenters. The highest BCUT2D eigenvalue weighted by Gasteiger charge is 2.23. The van der Waals surface area contributed by atoms with Crippen LogP contribution in [0.2, 0.25) is 0 Å². The minimum atomic E-state index is 0.326. The van der Waals surface area contributed by atoms with Crippen molar-refractivity contribution in [2.45, 2.75) is 46.5 Å². The molecule has 1 amide bonds. The van der Waals surface area contributed by atoms with Crippen LogP contribution in [0.15, 0.2) is 0 Å². The maximum Gasteiger partial charge on any atom is 0.222 e. The number of nitrogens with zero attached hydrogens (tertiary/aromatic N) is 2. The van der Waals surface area contributed by atoms with E-state index in [-0.39, 0.29) is 0 Å². The van der Waals surface area contributed by atoms with Gasteiger partial charge in [-0.3, -0.25) is 4.79 Å². The van der Waals surface area contributed by atoms with Gasteiger partial charge in [0.25, 0.3) is 0 Å². The van der Waals surface area contributed by atoms with Gasteiger partial charge in [0.05, 0.1) is 0 Å². The monoisotopic (exact) mass is 283 g/mol. The van der Waals surface area contributed by atoms with Crippen LogP contribution in [-0.4, -0.2) is 55.0 Å². The van der Waals surface area contributed by atoms with Gasteiger partial charge in [-0.25, -0.2) is 0 Å². The molecular formula is C16H33N3O. The summed E-state index contributed by atoms with van der Waals surface area (Å²) < 4.78 is 0. The predicted molar refractivity (Wildman–Crippen MR) is 84.5 cm³/mol. The lowest BCUT2D eigenvalue weighted by molar-refractivity contribution is -0.132. The molecule has 20 heavy (non-hydrogen) atoms. The normalized spacial score (nSPS) is 18.6. The van der Waals surface area contributed by atoms with Crippen molar-refractivity contribution in [2.75, 3.05) is 39.3 Å². The number of amides is 1. The highest BCUT2D eigenvalue weighted by atomic mass is 16.2. The summed E-state index contributed by atoms with van der Waals surface area (Å²) in [6.07, 6.45) is 3.91. The molecular weight excluding hydrogens is 250 g/mol. The van der Waals surface area contributed by atoms with Gasteiger partial charge in [0.2, 0.25) is 5.91 Å². The van der Waals surface area contributed by atoms with E-state index in [0.29, 0.717) is 24.8 Å². The second-order valence-corrected chi connectivity index (χ2v) is 6.19. The van der Waals surface area contributed by atoms with E-state index < -0.39 is 0 Å². The van der Waals surface area contributed by atoms with Crippen molar-refractivity contribution in [3.05, 3.63) is 0 Å². The summed E-state index contributed by atoms with van der Waals surface area (Å²) in [6, 6.07) is 0. The average molecular weight is 283 g/mol. The Labute approximate surface area is 124 Å². The maximum atomic E-state index is 12.1. The fourth-order valence-electron chi connectivity index (χ4n) is 2.86. The molecule has 0 spiro atoms. The molecule has 0 aromatic rings. The smallest absolute Gasteiger partial charge is 0.222 e. The molecule has 1 saturated heterocycles. The zero-order chi connectivity index (χ0) is 15.0. The van der Waals surface area contributed by atoms with Gasteiger partial charge in [-0.2, -0.15) is 0 Å². The van der Waals surface area contributed by atoms with Crippen molar-refractivity contribution in [1.29, 1.82) is 0 Å². The second-order valence-electron chi connectivity index (χ2n) is 6.19. The van der Waals surface area contributed by atoms with Crippen LogP contribution in [0.4, 0.5) is 0 Å². The Morgan fingerprint density at radius 3 is 2.40 bits per heavy atom. The first-order valence-corrected chi connectivity index (χ1v) is 8.30. The first-order chi connectivity index (χ1) is 9.60. The molecule has 4 heteroatoms. The van der Waals surface area contributed by atoms with E-state index >= 15 is 0 Å². The minimum absolute atomic E-state index is 0.326. The molecule has 1 heterocycles. The van der Waals surface area contributed by atoms with Crippen LogP contribution in [0, 0.1) is 11.8 Å². The van der Waals surface area contributed by atoms with E-state index in [1.54, 1.807) is 0 Å². The van der Waals surface area contributed by atoms with Crippen molar-refractivity contribution < 1.29 is 4.79 Å². The Morgan fingerprint density at radius 1 is 1.30 bits per heavy atom. The zero-order valence-corrected chi connectivity index (χ0v) is 13.6. The molecule has 1 fully saturated rings. The second kappa shape index (κ2) is 9.35.